The minimum Gasteiger partial charge on any atom is -0.497 e. The fraction of sp³-hybridized carbons (Fsp3) is 0.273. The van der Waals surface area contributed by atoms with Crippen molar-refractivity contribution in [1.82, 2.24) is 4.98 Å². The predicted molar refractivity (Wildman–Crippen MR) is 115 cm³/mol. The molecule has 0 saturated heterocycles. The van der Waals surface area contributed by atoms with E-state index in [1.165, 1.54) is 11.3 Å². The van der Waals surface area contributed by atoms with Gasteiger partial charge in [0.25, 0.3) is 0 Å². The summed E-state index contributed by atoms with van der Waals surface area (Å²) >= 11 is 1.39. The lowest BCUT2D eigenvalue weighted by Crippen LogP contribution is -2.15. The molecule has 0 atom stereocenters. The van der Waals surface area contributed by atoms with E-state index in [0.29, 0.717) is 48.4 Å². The molecule has 7 nitrogen and oxygen atoms in total. The van der Waals surface area contributed by atoms with Crippen LogP contribution in [0.3, 0.4) is 0 Å². The number of hydrogen-bond acceptors (Lipinski definition) is 7. The largest absolute Gasteiger partial charge is 0.497 e. The molecule has 1 aliphatic rings. The van der Waals surface area contributed by atoms with Crippen LogP contribution in [0.25, 0.3) is 11.3 Å². The van der Waals surface area contributed by atoms with Gasteiger partial charge in [-0.05, 0) is 42.3 Å². The van der Waals surface area contributed by atoms with E-state index in [2.05, 4.69) is 10.3 Å². The molecule has 0 aliphatic carbocycles. The maximum atomic E-state index is 12.4. The first kappa shape index (κ1) is 20.0. The average molecular weight is 426 g/mol. The number of amides is 1. The number of nitrogens with zero attached hydrogens (tertiary/aromatic N) is 1. The summed E-state index contributed by atoms with van der Waals surface area (Å²) in [5, 5.41) is 5.35. The van der Waals surface area contributed by atoms with Crippen LogP contribution in [-0.2, 0) is 11.2 Å². The summed E-state index contributed by atoms with van der Waals surface area (Å²) in [5.74, 6) is 2.76. The highest BCUT2D eigenvalue weighted by atomic mass is 32.1. The number of benzene rings is 2. The molecular formula is C22H22N2O5S. The van der Waals surface area contributed by atoms with Crippen LogP contribution in [-0.4, -0.2) is 38.3 Å². The number of carbonyl (C=O) groups is 1. The minimum atomic E-state index is -0.0974. The SMILES string of the molecule is COc1cc(CCC(=O)Nc2nc(-c3ccc4c(c3)OCCO4)cs2)cc(OC)c1. The second-order valence-corrected chi connectivity index (χ2v) is 7.52. The lowest BCUT2D eigenvalue weighted by molar-refractivity contribution is -0.116. The highest BCUT2D eigenvalue weighted by Crippen LogP contribution is 2.35. The monoisotopic (exact) mass is 426 g/mol. The molecule has 1 amide bonds. The van der Waals surface area contributed by atoms with Gasteiger partial charge in [0.1, 0.15) is 24.7 Å². The van der Waals surface area contributed by atoms with Gasteiger partial charge in [0.2, 0.25) is 5.91 Å². The zero-order valence-electron chi connectivity index (χ0n) is 16.8. The standard InChI is InChI=1S/C22H22N2O5S/c1-26-16-9-14(10-17(12-16)27-2)3-6-21(25)24-22-23-18(13-30-22)15-4-5-19-20(11-15)29-8-7-28-19/h4-5,9-13H,3,6-8H2,1-2H3,(H,23,24,25). The number of methoxy groups -OCH3 is 2. The van der Waals surface area contributed by atoms with Crippen molar-refractivity contribution >= 4 is 22.4 Å². The van der Waals surface area contributed by atoms with Crippen LogP contribution in [0.15, 0.2) is 41.8 Å². The summed E-state index contributed by atoms with van der Waals surface area (Å²) in [5.41, 5.74) is 2.67. The third kappa shape index (κ3) is 4.65. The number of carbonyl (C=O) groups excluding carboxylic acids is 1. The third-order valence-electron chi connectivity index (χ3n) is 4.64. The highest BCUT2D eigenvalue weighted by molar-refractivity contribution is 7.14. The van der Waals surface area contributed by atoms with Crippen molar-refractivity contribution in [2.24, 2.45) is 0 Å². The van der Waals surface area contributed by atoms with Gasteiger partial charge in [-0.25, -0.2) is 4.98 Å². The zero-order valence-corrected chi connectivity index (χ0v) is 17.6. The number of aromatic nitrogens is 1. The van der Waals surface area contributed by atoms with Crippen LogP contribution in [0.5, 0.6) is 23.0 Å². The van der Waals surface area contributed by atoms with E-state index in [9.17, 15) is 4.79 Å². The van der Waals surface area contributed by atoms with Crippen LogP contribution in [0.1, 0.15) is 12.0 Å². The molecule has 2 aromatic carbocycles. The molecule has 1 aliphatic heterocycles. The molecular weight excluding hydrogens is 404 g/mol. The Balaban J connectivity index is 1.37. The van der Waals surface area contributed by atoms with E-state index in [1.54, 1.807) is 20.3 Å². The van der Waals surface area contributed by atoms with Crippen molar-refractivity contribution in [3.05, 3.63) is 47.3 Å². The van der Waals surface area contributed by atoms with Gasteiger partial charge < -0.3 is 24.3 Å². The number of fused-ring (bicyclic) bond motifs is 1. The van der Waals surface area contributed by atoms with Crippen LogP contribution < -0.4 is 24.3 Å². The summed E-state index contributed by atoms with van der Waals surface area (Å²) in [7, 11) is 3.21. The fourth-order valence-corrected chi connectivity index (χ4v) is 3.85. The van der Waals surface area contributed by atoms with Crippen molar-refractivity contribution in [3.63, 3.8) is 0 Å². The number of aryl methyl sites for hydroxylation is 1. The van der Waals surface area contributed by atoms with Gasteiger partial charge in [-0.1, -0.05) is 0 Å². The number of nitrogens with one attached hydrogen (secondary N) is 1. The molecule has 0 radical (unpaired) electrons. The summed E-state index contributed by atoms with van der Waals surface area (Å²) in [6.07, 6.45) is 0.898. The molecule has 0 spiro atoms. The smallest absolute Gasteiger partial charge is 0.226 e. The summed E-state index contributed by atoms with van der Waals surface area (Å²) in [4.78, 5) is 16.9. The summed E-state index contributed by atoms with van der Waals surface area (Å²) in [6, 6.07) is 11.3. The molecule has 1 aromatic heterocycles. The first-order valence-corrected chi connectivity index (χ1v) is 10.4. The molecule has 2 heterocycles. The number of anilines is 1. The fourth-order valence-electron chi connectivity index (χ4n) is 3.12. The second-order valence-electron chi connectivity index (χ2n) is 6.67. The molecule has 4 rings (SSSR count). The molecule has 0 saturated carbocycles. The normalized spacial score (nSPS) is 12.3. The lowest BCUT2D eigenvalue weighted by Gasteiger charge is -2.18. The zero-order chi connectivity index (χ0) is 20.9. The topological polar surface area (TPSA) is 78.9 Å². The van der Waals surface area contributed by atoms with E-state index >= 15 is 0 Å². The van der Waals surface area contributed by atoms with Crippen LogP contribution in [0, 0.1) is 0 Å². The first-order valence-electron chi connectivity index (χ1n) is 9.52. The number of hydrogen-bond donors (Lipinski definition) is 1. The predicted octanol–water partition coefficient (Wildman–Crippen LogP) is 4.17. The summed E-state index contributed by atoms with van der Waals surface area (Å²) < 4.78 is 21.7. The van der Waals surface area contributed by atoms with Gasteiger partial charge in [-0.2, -0.15) is 0 Å². The molecule has 30 heavy (non-hydrogen) atoms. The van der Waals surface area contributed by atoms with Gasteiger partial charge in [-0.15, -0.1) is 11.3 Å². The van der Waals surface area contributed by atoms with Gasteiger partial charge in [0.05, 0.1) is 19.9 Å². The van der Waals surface area contributed by atoms with Crippen LogP contribution in [0.2, 0.25) is 0 Å². The highest BCUT2D eigenvalue weighted by Gasteiger charge is 2.14. The maximum Gasteiger partial charge on any atom is 0.226 e. The molecule has 8 heteroatoms. The number of ether oxygens (including phenoxy) is 4. The lowest BCUT2D eigenvalue weighted by atomic mass is 10.1. The van der Waals surface area contributed by atoms with Crippen molar-refractivity contribution < 1.29 is 23.7 Å². The van der Waals surface area contributed by atoms with Crippen molar-refractivity contribution in [2.45, 2.75) is 12.8 Å². The Morgan fingerprint density at radius 1 is 1.07 bits per heavy atom. The molecule has 156 valence electrons. The Hall–Kier alpha value is -3.26. The second kappa shape index (κ2) is 9.04. The van der Waals surface area contributed by atoms with Crippen molar-refractivity contribution in [1.29, 1.82) is 0 Å². The third-order valence-corrected chi connectivity index (χ3v) is 5.40. The number of rotatable bonds is 7. The number of thiazole rings is 1. The van der Waals surface area contributed by atoms with Crippen LogP contribution in [0.4, 0.5) is 5.13 Å². The van der Waals surface area contributed by atoms with E-state index < -0.39 is 0 Å². The quantitative estimate of drug-likeness (QED) is 0.611. The van der Waals surface area contributed by atoms with Gasteiger partial charge >= 0.3 is 0 Å². The average Bonchev–Trinajstić information content (AvgIpc) is 3.25. The first-order chi connectivity index (χ1) is 14.6. The van der Waals surface area contributed by atoms with Crippen molar-refractivity contribution in [3.8, 4) is 34.3 Å². The molecule has 0 fully saturated rings. The molecule has 1 N–H and O–H groups in total. The van der Waals surface area contributed by atoms with Gasteiger partial charge in [0.15, 0.2) is 16.6 Å². The Morgan fingerprint density at radius 3 is 2.53 bits per heavy atom. The molecule has 0 bridgehead atoms. The Morgan fingerprint density at radius 2 is 1.80 bits per heavy atom. The minimum absolute atomic E-state index is 0.0974. The van der Waals surface area contributed by atoms with Crippen molar-refractivity contribution in [2.75, 3.05) is 32.8 Å². The van der Waals surface area contributed by atoms with Crippen LogP contribution >= 0.6 is 11.3 Å². The Kier molecular flexibility index (Phi) is 6.04. The Bertz CT molecular complexity index is 1030. The van der Waals surface area contributed by atoms with E-state index in [0.717, 1.165) is 22.6 Å². The Labute approximate surface area is 178 Å². The van der Waals surface area contributed by atoms with E-state index in [-0.39, 0.29) is 5.91 Å². The summed E-state index contributed by atoms with van der Waals surface area (Å²) in [6.45, 7) is 1.09. The van der Waals surface area contributed by atoms with Gasteiger partial charge in [-0.3, -0.25) is 4.79 Å². The molecule has 0 unspecified atom stereocenters. The molecule has 3 aromatic rings. The maximum absolute atomic E-state index is 12.4. The van der Waals surface area contributed by atoms with Gasteiger partial charge in [0, 0.05) is 23.4 Å². The van der Waals surface area contributed by atoms with E-state index in [1.807, 2.05) is 35.7 Å². The van der Waals surface area contributed by atoms with E-state index in [4.69, 9.17) is 18.9 Å².